The van der Waals surface area contributed by atoms with Crippen molar-refractivity contribution in [3.05, 3.63) is 76.9 Å². The number of ether oxygens (including phenoxy) is 1. The maximum atomic E-state index is 12.4. The zero-order valence-electron chi connectivity index (χ0n) is 14.1. The molecule has 2 aromatic rings. The summed E-state index contributed by atoms with van der Waals surface area (Å²) in [5.74, 6) is 0.230. The van der Waals surface area contributed by atoms with E-state index in [1.807, 2.05) is 19.9 Å². The number of aliphatic imine (C=N–C) groups is 1. The number of pyridine rings is 1. The predicted molar refractivity (Wildman–Crippen MR) is 94.0 cm³/mol. The molecule has 1 aromatic carbocycles. The molecule has 24 heavy (non-hydrogen) atoms. The molecule has 0 aliphatic carbocycles. The molecule has 1 aromatic heterocycles. The van der Waals surface area contributed by atoms with E-state index in [-0.39, 0.29) is 5.92 Å². The molecule has 0 saturated heterocycles. The molecular formula is C20H20N2O2. The van der Waals surface area contributed by atoms with Gasteiger partial charge >= 0.3 is 5.97 Å². The van der Waals surface area contributed by atoms with Gasteiger partial charge in [-0.3, -0.25) is 9.98 Å². The van der Waals surface area contributed by atoms with Crippen LogP contribution in [0.15, 0.2) is 65.2 Å². The summed E-state index contributed by atoms with van der Waals surface area (Å²) in [4.78, 5) is 20.9. The first kappa shape index (κ1) is 16.1. The first-order chi connectivity index (χ1) is 11.5. The third-order valence-electron chi connectivity index (χ3n) is 4.08. The average molecular weight is 320 g/mol. The normalized spacial score (nSPS) is 17.5. The van der Waals surface area contributed by atoms with Crippen molar-refractivity contribution in [2.24, 2.45) is 4.99 Å². The summed E-state index contributed by atoms with van der Waals surface area (Å²) >= 11 is 0. The van der Waals surface area contributed by atoms with Crippen molar-refractivity contribution in [3.8, 4) is 0 Å². The molecule has 0 bridgehead atoms. The first-order valence-corrected chi connectivity index (χ1v) is 7.98. The number of aryl methyl sites for hydroxylation is 1. The lowest BCUT2D eigenvalue weighted by molar-refractivity contribution is 0.0598. The maximum Gasteiger partial charge on any atom is 0.344 e. The van der Waals surface area contributed by atoms with E-state index in [0.717, 1.165) is 23.4 Å². The fourth-order valence-electron chi connectivity index (χ4n) is 2.97. The van der Waals surface area contributed by atoms with Crippen molar-refractivity contribution >= 4 is 11.7 Å². The van der Waals surface area contributed by atoms with Gasteiger partial charge in [0, 0.05) is 24.0 Å². The molecule has 122 valence electrons. The van der Waals surface area contributed by atoms with E-state index in [4.69, 9.17) is 4.74 Å². The summed E-state index contributed by atoms with van der Waals surface area (Å²) in [6.45, 7) is 5.95. The Balaban J connectivity index is 1.95. The number of esters is 1. The number of allylic oxidation sites excluding steroid dienone is 2. The van der Waals surface area contributed by atoms with Gasteiger partial charge in [-0.1, -0.05) is 29.8 Å². The van der Waals surface area contributed by atoms with Crippen LogP contribution in [0.2, 0.25) is 0 Å². The Morgan fingerprint density at radius 1 is 1.17 bits per heavy atom. The summed E-state index contributed by atoms with van der Waals surface area (Å²) in [7, 11) is 0. The Morgan fingerprint density at radius 2 is 2.00 bits per heavy atom. The smallest absolute Gasteiger partial charge is 0.344 e. The van der Waals surface area contributed by atoms with Crippen LogP contribution < -0.4 is 0 Å². The van der Waals surface area contributed by atoms with Gasteiger partial charge in [0.25, 0.3) is 0 Å². The maximum absolute atomic E-state index is 12.4. The Morgan fingerprint density at radius 3 is 2.71 bits per heavy atom. The molecule has 1 aliphatic heterocycles. The summed E-state index contributed by atoms with van der Waals surface area (Å²) < 4.78 is 5.74. The standard InChI is InChI=1S/C20H20N2O2/c1-13-6-4-7-16(10-13)18-11-14(2)22-15(3)19(18)24-20(23)17-8-5-9-21-12-17/h4-10,12,18H,11H2,1-3H3. The topological polar surface area (TPSA) is 51.5 Å². The lowest BCUT2D eigenvalue weighted by atomic mass is 9.88. The molecule has 0 fully saturated rings. The number of nitrogens with zero attached hydrogens (tertiary/aromatic N) is 2. The van der Waals surface area contributed by atoms with E-state index in [1.165, 1.54) is 11.8 Å². The molecule has 0 amide bonds. The summed E-state index contributed by atoms with van der Waals surface area (Å²) in [6, 6.07) is 11.7. The lowest BCUT2D eigenvalue weighted by Gasteiger charge is -2.25. The summed E-state index contributed by atoms with van der Waals surface area (Å²) in [6.07, 6.45) is 3.89. The molecule has 4 heteroatoms. The van der Waals surface area contributed by atoms with Crippen LogP contribution in [0.3, 0.4) is 0 Å². The number of rotatable bonds is 3. The predicted octanol–water partition coefficient (Wildman–Crippen LogP) is 4.43. The largest absolute Gasteiger partial charge is 0.425 e. The van der Waals surface area contributed by atoms with Crippen LogP contribution in [0.1, 0.15) is 47.7 Å². The highest BCUT2D eigenvalue weighted by Gasteiger charge is 2.27. The Kier molecular flexibility index (Phi) is 4.56. The van der Waals surface area contributed by atoms with Gasteiger partial charge in [-0.15, -0.1) is 0 Å². The van der Waals surface area contributed by atoms with E-state index in [1.54, 1.807) is 18.3 Å². The van der Waals surface area contributed by atoms with E-state index < -0.39 is 5.97 Å². The minimum Gasteiger partial charge on any atom is -0.425 e. The van der Waals surface area contributed by atoms with Gasteiger partial charge in [0.1, 0.15) is 5.76 Å². The van der Waals surface area contributed by atoms with Crippen molar-refractivity contribution < 1.29 is 9.53 Å². The molecule has 0 saturated carbocycles. The highest BCUT2D eigenvalue weighted by atomic mass is 16.5. The van der Waals surface area contributed by atoms with E-state index in [9.17, 15) is 4.79 Å². The van der Waals surface area contributed by atoms with Crippen molar-refractivity contribution in [3.63, 3.8) is 0 Å². The van der Waals surface area contributed by atoms with E-state index >= 15 is 0 Å². The molecule has 3 rings (SSSR count). The van der Waals surface area contributed by atoms with Crippen molar-refractivity contribution in [1.82, 2.24) is 4.98 Å². The molecule has 0 radical (unpaired) electrons. The summed E-state index contributed by atoms with van der Waals surface area (Å²) in [5.41, 5.74) is 4.55. The number of hydrogen-bond acceptors (Lipinski definition) is 4. The van der Waals surface area contributed by atoms with Crippen LogP contribution in [0, 0.1) is 6.92 Å². The second-order valence-corrected chi connectivity index (χ2v) is 6.10. The second-order valence-electron chi connectivity index (χ2n) is 6.10. The number of carbonyl (C=O) groups excluding carboxylic acids is 1. The van der Waals surface area contributed by atoms with Gasteiger partial charge < -0.3 is 4.74 Å². The van der Waals surface area contributed by atoms with Gasteiger partial charge in [0.2, 0.25) is 0 Å². The second kappa shape index (κ2) is 6.79. The van der Waals surface area contributed by atoms with Gasteiger partial charge in [-0.2, -0.15) is 0 Å². The van der Waals surface area contributed by atoms with Crippen LogP contribution in [0.4, 0.5) is 0 Å². The monoisotopic (exact) mass is 320 g/mol. The fraction of sp³-hybridized carbons (Fsp3) is 0.250. The van der Waals surface area contributed by atoms with Crippen molar-refractivity contribution in [2.45, 2.75) is 33.1 Å². The molecule has 1 unspecified atom stereocenters. The van der Waals surface area contributed by atoms with Crippen molar-refractivity contribution in [1.29, 1.82) is 0 Å². The number of aromatic nitrogens is 1. The molecule has 0 N–H and O–H groups in total. The van der Waals surface area contributed by atoms with Crippen molar-refractivity contribution in [2.75, 3.05) is 0 Å². The number of carbonyl (C=O) groups is 1. The van der Waals surface area contributed by atoms with Crippen LogP contribution in [0.25, 0.3) is 0 Å². The average Bonchev–Trinajstić information content (AvgIpc) is 2.57. The van der Waals surface area contributed by atoms with Gasteiger partial charge in [-0.25, -0.2) is 4.79 Å². The van der Waals surface area contributed by atoms with Gasteiger partial charge in [0.05, 0.1) is 11.3 Å². The third-order valence-corrected chi connectivity index (χ3v) is 4.08. The van der Waals surface area contributed by atoms with Crippen LogP contribution in [-0.4, -0.2) is 16.7 Å². The minimum atomic E-state index is -0.398. The van der Waals surface area contributed by atoms with Crippen LogP contribution in [-0.2, 0) is 4.74 Å². The highest BCUT2D eigenvalue weighted by Crippen LogP contribution is 2.35. The molecule has 4 nitrogen and oxygen atoms in total. The summed E-state index contributed by atoms with van der Waals surface area (Å²) in [5, 5.41) is 0. The molecule has 0 spiro atoms. The number of benzene rings is 1. The van der Waals surface area contributed by atoms with Gasteiger partial charge in [0.15, 0.2) is 0 Å². The van der Waals surface area contributed by atoms with Crippen LogP contribution in [0.5, 0.6) is 0 Å². The molecule has 1 atom stereocenters. The Hall–Kier alpha value is -2.75. The zero-order chi connectivity index (χ0) is 17.1. The minimum absolute atomic E-state index is 0.00280. The highest BCUT2D eigenvalue weighted by molar-refractivity contribution is 5.90. The third kappa shape index (κ3) is 3.43. The molecule has 2 heterocycles. The Bertz CT molecular complexity index is 823. The molecule has 1 aliphatic rings. The fourth-order valence-corrected chi connectivity index (χ4v) is 2.97. The first-order valence-electron chi connectivity index (χ1n) is 7.98. The number of hydrogen-bond donors (Lipinski definition) is 0. The van der Waals surface area contributed by atoms with E-state index in [0.29, 0.717) is 11.3 Å². The molecular weight excluding hydrogens is 300 g/mol. The SMILES string of the molecule is CC1=NC(C)=C(OC(=O)c2cccnc2)C(c2cccc(C)c2)C1. The van der Waals surface area contributed by atoms with Gasteiger partial charge in [-0.05, 0) is 44.9 Å². The van der Waals surface area contributed by atoms with Crippen LogP contribution >= 0.6 is 0 Å². The Labute approximate surface area is 141 Å². The zero-order valence-corrected chi connectivity index (χ0v) is 14.1. The van der Waals surface area contributed by atoms with E-state index in [2.05, 4.69) is 35.1 Å². The quantitative estimate of drug-likeness (QED) is 0.786. The lowest BCUT2D eigenvalue weighted by Crippen LogP contribution is -2.18.